The number of unbranched alkanes of at least 4 members (excludes halogenated alkanes) is 1. The summed E-state index contributed by atoms with van der Waals surface area (Å²) in [5.41, 5.74) is -1.19. The van der Waals surface area contributed by atoms with Crippen LogP contribution < -0.4 is 0 Å². The third-order valence-electron chi connectivity index (χ3n) is 8.78. The Hall–Kier alpha value is -4.02. The Morgan fingerprint density at radius 3 is 2.17 bits per heavy atom. The van der Waals surface area contributed by atoms with E-state index in [0.29, 0.717) is 32.5 Å². The second-order valence-electron chi connectivity index (χ2n) is 12.8. The van der Waals surface area contributed by atoms with E-state index in [-0.39, 0.29) is 45.4 Å². The molecule has 47 heavy (non-hydrogen) atoms. The Balaban J connectivity index is 1.26. The lowest BCUT2D eigenvalue weighted by atomic mass is 9.68. The number of aliphatic hydroxyl groups is 1. The van der Waals surface area contributed by atoms with Crippen LogP contribution in [0.2, 0.25) is 0 Å². The third-order valence-corrected chi connectivity index (χ3v) is 8.78. The van der Waals surface area contributed by atoms with Crippen LogP contribution in [0, 0.1) is 16.7 Å². The molecular weight excluding hydrogens is 602 g/mol. The molecule has 0 spiro atoms. The number of nitrogens with zero attached hydrogens (tertiary/aromatic N) is 1. The van der Waals surface area contributed by atoms with Gasteiger partial charge in [0.15, 0.2) is 0 Å². The zero-order chi connectivity index (χ0) is 33.9. The highest BCUT2D eigenvalue weighted by molar-refractivity contribution is 6.13. The van der Waals surface area contributed by atoms with Gasteiger partial charge >= 0.3 is 17.9 Å². The van der Waals surface area contributed by atoms with Gasteiger partial charge in [-0.05, 0) is 73.6 Å². The van der Waals surface area contributed by atoms with Crippen LogP contribution in [0.5, 0.6) is 0 Å². The third kappa shape index (κ3) is 9.74. The first-order valence-corrected chi connectivity index (χ1v) is 16.4. The van der Waals surface area contributed by atoms with Crippen molar-refractivity contribution >= 4 is 45.7 Å². The molecular formula is C37H47NO9. The summed E-state index contributed by atoms with van der Waals surface area (Å²) in [5.74, 6) is -2.10. The maximum Gasteiger partial charge on any atom is 0.311 e. The molecule has 10 nitrogen and oxygen atoms in total. The van der Waals surface area contributed by atoms with Crippen LogP contribution in [0.4, 0.5) is 0 Å². The Morgan fingerprint density at radius 2 is 1.55 bits per heavy atom. The van der Waals surface area contributed by atoms with Gasteiger partial charge in [-0.1, -0.05) is 67.5 Å². The number of hydrogen-bond donors (Lipinski definition) is 1. The summed E-state index contributed by atoms with van der Waals surface area (Å²) in [6.07, 6.45) is 3.50. The van der Waals surface area contributed by atoms with Gasteiger partial charge < -0.3 is 28.9 Å². The predicted octanol–water partition coefficient (Wildman–Crippen LogP) is 5.98. The fourth-order valence-corrected chi connectivity index (χ4v) is 5.92. The highest BCUT2D eigenvalue weighted by Crippen LogP contribution is 2.43. The van der Waals surface area contributed by atoms with Crippen LogP contribution in [0.3, 0.4) is 0 Å². The number of fused-ring (bicyclic) bond motifs is 2. The van der Waals surface area contributed by atoms with E-state index < -0.39 is 34.7 Å². The van der Waals surface area contributed by atoms with Crippen molar-refractivity contribution in [2.24, 2.45) is 21.9 Å². The Kier molecular flexibility index (Phi) is 12.7. The molecule has 0 saturated carbocycles. The monoisotopic (exact) mass is 649 g/mol. The number of benzene rings is 3. The molecule has 0 amide bonds. The van der Waals surface area contributed by atoms with Crippen molar-refractivity contribution in [2.75, 3.05) is 39.6 Å². The smallest absolute Gasteiger partial charge is 0.311 e. The number of rotatable bonds is 19. The number of ether oxygens (including phenoxy) is 4. The standard InChI is InChI=1S/C37H47NO9/c1-5-36(3,34(41)46-24-29-23-45-29)25-37(4,35(42)44-19-16-39)21-26(2)33(40)43-17-10-11-18-47-38-22-32-30-14-8-6-12-27(30)20-28-13-7-9-15-31(28)32/h6-9,12-15,20,22,26,29,39H,5,10-11,16-19,21,23-25H2,1-4H3. The molecule has 0 aliphatic carbocycles. The zero-order valence-corrected chi connectivity index (χ0v) is 27.9. The van der Waals surface area contributed by atoms with E-state index in [2.05, 4.69) is 35.5 Å². The fraction of sp³-hybridized carbons (Fsp3) is 0.514. The average molecular weight is 650 g/mol. The van der Waals surface area contributed by atoms with Gasteiger partial charge in [0.25, 0.3) is 0 Å². The average Bonchev–Trinajstić information content (AvgIpc) is 3.91. The molecule has 1 heterocycles. The van der Waals surface area contributed by atoms with Gasteiger partial charge in [-0.25, -0.2) is 0 Å². The highest BCUT2D eigenvalue weighted by Gasteiger charge is 2.47. The van der Waals surface area contributed by atoms with Crippen LogP contribution >= 0.6 is 0 Å². The molecule has 3 aromatic carbocycles. The van der Waals surface area contributed by atoms with E-state index in [1.807, 2.05) is 31.2 Å². The van der Waals surface area contributed by atoms with Crippen LogP contribution in [-0.2, 0) is 38.2 Å². The van der Waals surface area contributed by atoms with Crippen LogP contribution in [0.15, 0.2) is 59.8 Å². The van der Waals surface area contributed by atoms with E-state index in [4.69, 9.17) is 23.8 Å². The molecule has 1 aliphatic heterocycles. The van der Waals surface area contributed by atoms with Crippen molar-refractivity contribution in [3.05, 3.63) is 60.2 Å². The normalized spacial score (nSPS) is 17.5. The Bertz CT molecular complexity index is 1500. The van der Waals surface area contributed by atoms with Crippen molar-refractivity contribution in [1.82, 2.24) is 0 Å². The minimum absolute atomic E-state index is 0.0779. The summed E-state index contributed by atoms with van der Waals surface area (Å²) in [4.78, 5) is 44.7. The second-order valence-corrected chi connectivity index (χ2v) is 12.8. The van der Waals surface area contributed by atoms with Crippen molar-refractivity contribution < 1.29 is 43.3 Å². The summed E-state index contributed by atoms with van der Waals surface area (Å²) in [6, 6.07) is 18.5. The van der Waals surface area contributed by atoms with Gasteiger partial charge in [0.05, 0.1) is 42.8 Å². The van der Waals surface area contributed by atoms with E-state index in [1.54, 1.807) is 27.0 Å². The molecule has 1 fully saturated rings. The summed E-state index contributed by atoms with van der Waals surface area (Å²) in [6.45, 7) is 7.76. The molecule has 4 unspecified atom stereocenters. The van der Waals surface area contributed by atoms with Gasteiger partial charge in [-0.2, -0.15) is 0 Å². The molecule has 3 aromatic rings. The highest BCUT2D eigenvalue weighted by atomic mass is 16.6. The number of esters is 3. The number of oxime groups is 1. The lowest BCUT2D eigenvalue weighted by molar-refractivity contribution is -0.167. The SMILES string of the molecule is CCC(C)(CC(C)(CC(C)C(=O)OCCCCON=Cc1c2ccccc2cc2ccccc12)C(=O)OCCO)C(=O)OCC1CO1. The minimum atomic E-state index is -1.20. The molecule has 0 bridgehead atoms. The largest absolute Gasteiger partial charge is 0.465 e. The van der Waals surface area contributed by atoms with Gasteiger partial charge in [0.2, 0.25) is 0 Å². The van der Waals surface area contributed by atoms with Gasteiger partial charge in [0.1, 0.15) is 25.9 Å². The lowest BCUT2D eigenvalue weighted by Gasteiger charge is -2.37. The van der Waals surface area contributed by atoms with Crippen molar-refractivity contribution in [2.45, 2.75) is 65.9 Å². The number of aliphatic hydroxyl groups excluding tert-OH is 1. The molecule has 0 radical (unpaired) electrons. The Morgan fingerprint density at radius 1 is 0.936 bits per heavy atom. The topological polar surface area (TPSA) is 133 Å². The van der Waals surface area contributed by atoms with Crippen molar-refractivity contribution in [3.8, 4) is 0 Å². The van der Waals surface area contributed by atoms with Crippen LogP contribution in [0.25, 0.3) is 21.5 Å². The molecule has 1 saturated heterocycles. The molecule has 10 heteroatoms. The van der Waals surface area contributed by atoms with Gasteiger partial charge in [0, 0.05) is 5.56 Å². The molecule has 1 N–H and O–H groups in total. The second kappa shape index (κ2) is 16.7. The van der Waals surface area contributed by atoms with E-state index in [1.165, 1.54) is 0 Å². The Labute approximate surface area is 276 Å². The molecule has 4 atom stereocenters. The number of carbonyl (C=O) groups excluding carboxylic acids is 3. The van der Waals surface area contributed by atoms with Crippen LogP contribution in [-0.4, -0.2) is 75.0 Å². The molecule has 4 rings (SSSR count). The van der Waals surface area contributed by atoms with Gasteiger partial charge in [-0.15, -0.1) is 0 Å². The number of epoxide rings is 1. The van der Waals surface area contributed by atoms with E-state index >= 15 is 0 Å². The first-order chi connectivity index (χ1) is 22.6. The molecule has 254 valence electrons. The van der Waals surface area contributed by atoms with E-state index in [9.17, 15) is 19.5 Å². The minimum Gasteiger partial charge on any atom is -0.465 e. The lowest BCUT2D eigenvalue weighted by Crippen LogP contribution is -2.42. The summed E-state index contributed by atoms with van der Waals surface area (Å²) in [5, 5.41) is 17.9. The van der Waals surface area contributed by atoms with Crippen molar-refractivity contribution in [1.29, 1.82) is 0 Å². The molecule has 1 aliphatic rings. The number of hydrogen-bond acceptors (Lipinski definition) is 10. The van der Waals surface area contributed by atoms with Crippen molar-refractivity contribution in [3.63, 3.8) is 0 Å². The molecule has 0 aromatic heterocycles. The maximum absolute atomic E-state index is 13.2. The zero-order valence-electron chi connectivity index (χ0n) is 27.9. The fourth-order valence-electron chi connectivity index (χ4n) is 5.92. The first kappa shape index (κ1) is 35.8. The van der Waals surface area contributed by atoms with E-state index in [0.717, 1.165) is 27.1 Å². The van der Waals surface area contributed by atoms with Crippen LogP contribution in [0.1, 0.15) is 65.4 Å². The summed E-state index contributed by atoms with van der Waals surface area (Å²) in [7, 11) is 0. The number of carbonyl (C=O) groups is 3. The predicted molar refractivity (Wildman–Crippen MR) is 179 cm³/mol. The quantitative estimate of drug-likeness (QED) is 0.0317. The first-order valence-electron chi connectivity index (χ1n) is 16.4. The maximum atomic E-state index is 13.2. The summed E-state index contributed by atoms with van der Waals surface area (Å²) >= 11 is 0. The van der Waals surface area contributed by atoms with Gasteiger partial charge in [-0.3, -0.25) is 14.4 Å². The summed E-state index contributed by atoms with van der Waals surface area (Å²) < 4.78 is 21.4.